The van der Waals surface area contributed by atoms with Gasteiger partial charge in [0.15, 0.2) is 0 Å². The molecule has 1 heterocycles. The van der Waals surface area contributed by atoms with Crippen LogP contribution in [-0.4, -0.2) is 16.9 Å². The molecule has 0 aliphatic rings. The molecule has 0 fully saturated rings. The average Bonchev–Trinajstić information content (AvgIpc) is 2.95. The van der Waals surface area contributed by atoms with Crippen molar-refractivity contribution in [2.75, 3.05) is 0 Å². The van der Waals surface area contributed by atoms with E-state index in [1.807, 2.05) is 54.6 Å². The fourth-order valence-corrected chi connectivity index (χ4v) is 3.62. The second-order valence-corrected chi connectivity index (χ2v) is 7.97. The number of hydrogen-bond donors (Lipinski definition) is 0. The summed E-state index contributed by atoms with van der Waals surface area (Å²) in [7, 11) is 0. The first-order valence-corrected chi connectivity index (χ1v) is 11.4. The molecule has 0 atom stereocenters. The van der Waals surface area contributed by atoms with Gasteiger partial charge in [0.2, 0.25) is 0 Å². The molecule has 36 heavy (non-hydrogen) atoms. The van der Waals surface area contributed by atoms with Crippen LogP contribution < -0.4 is 9.47 Å². The summed E-state index contributed by atoms with van der Waals surface area (Å²) < 4.78 is 10.9. The molecule has 5 nitrogen and oxygen atoms in total. The molecule has 0 unspecified atom stereocenters. The van der Waals surface area contributed by atoms with Gasteiger partial charge in [-0.15, -0.1) is 0 Å². The van der Waals surface area contributed by atoms with Crippen LogP contribution in [-0.2, 0) is 0 Å². The van der Waals surface area contributed by atoms with E-state index >= 15 is 0 Å². The zero-order valence-corrected chi connectivity index (χ0v) is 19.2. The van der Waals surface area contributed by atoms with Gasteiger partial charge in [0.1, 0.15) is 11.5 Å². The fraction of sp³-hybridized carbons (Fsp3) is 0. The predicted octanol–water partition coefficient (Wildman–Crippen LogP) is 6.85. The van der Waals surface area contributed by atoms with Crippen molar-refractivity contribution in [2.24, 2.45) is 0 Å². The van der Waals surface area contributed by atoms with Gasteiger partial charge in [0.25, 0.3) is 0 Å². The lowest BCUT2D eigenvalue weighted by atomic mass is 10.1. The maximum absolute atomic E-state index is 12.3. The van der Waals surface area contributed by atoms with Crippen LogP contribution in [0.2, 0.25) is 0 Å². The van der Waals surface area contributed by atoms with Crippen LogP contribution in [0.25, 0.3) is 22.5 Å². The topological polar surface area (TPSA) is 65.5 Å². The quantitative estimate of drug-likeness (QED) is 0.200. The standard InChI is InChI=1S/C31H21NO4/c33-30(24-8-3-1-4-9-24)35-26-18-14-22(15-19-26)28-12-7-13-29(32-28)23-16-20-27(21-17-23)36-31(34)25-10-5-2-6-11-25/h1-21H. The lowest BCUT2D eigenvalue weighted by molar-refractivity contribution is 0.0725. The van der Waals surface area contributed by atoms with E-state index in [9.17, 15) is 9.59 Å². The van der Waals surface area contributed by atoms with Crippen LogP contribution in [0.5, 0.6) is 11.5 Å². The van der Waals surface area contributed by atoms with Crippen molar-refractivity contribution < 1.29 is 19.1 Å². The molecule has 5 rings (SSSR count). The van der Waals surface area contributed by atoms with Crippen molar-refractivity contribution in [1.82, 2.24) is 4.98 Å². The second-order valence-electron chi connectivity index (χ2n) is 7.97. The summed E-state index contributed by atoms with van der Waals surface area (Å²) >= 11 is 0. The molecule has 0 radical (unpaired) electrons. The summed E-state index contributed by atoms with van der Waals surface area (Å²) in [4.78, 5) is 29.3. The molecule has 5 aromatic rings. The zero-order valence-electron chi connectivity index (χ0n) is 19.2. The molecule has 0 aliphatic carbocycles. The second kappa shape index (κ2) is 10.5. The summed E-state index contributed by atoms with van der Waals surface area (Å²) in [5.41, 5.74) is 4.35. The summed E-state index contributed by atoms with van der Waals surface area (Å²) in [6, 6.07) is 38.0. The number of benzene rings is 4. The largest absolute Gasteiger partial charge is 0.423 e. The molecule has 0 aliphatic heterocycles. The van der Waals surface area contributed by atoms with Gasteiger partial charge in [-0.05, 0) is 84.9 Å². The van der Waals surface area contributed by atoms with Crippen LogP contribution in [0, 0.1) is 0 Å². The van der Waals surface area contributed by atoms with E-state index in [4.69, 9.17) is 14.5 Å². The molecule has 0 N–H and O–H groups in total. The number of ether oxygens (including phenoxy) is 2. The van der Waals surface area contributed by atoms with Crippen molar-refractivity contribution in [3.63, 3.8) is 0 Å². The molecule has 174 valence electrons. The summed E-state index contributed by atoms with van der Waals surface area (Å²) in [5, 5.41) is 0. The van der Waals surface area contributed by atoms with Crippen LogP contribution >= 0.6 is 0 Å². The third-order valence-corrected chi connectivity index (χ3v) is 5.49. The molecule has 0 amide bonds. The molecule has 0 bridgehead atoms. The first kappa shape index (κ1) is 22.7. The number of carbonyl (C=O) groups excluding carboxylic acids is 2. The SMILES string of the molecule is O=C(Oc1ccc(-c2cccc(-c3ccc(OC(=O)c4ccccc4)cc3)n2)cc1)c1ccccc1. The number of nitrogens with zero attached hydrogens (tertiary/aromatic N) is 1. The highest BCUT2D eigenvalue weighted by molar-refractivity contribution is 5.91. The maximum Gasteiger partial charge on any atom is 0.343 e. The van der Waals surface area contributed by atoms with Crippen LogP contribution in [0.4, 0.5) is 0 Å². The van der Waals surface area contributed by atoms with Gasteiger partial charge in [-0.1, -0.05) is 42.5 Å². The van der Waals surface area contributed by atoms with E-state index in [1.165, 1.54) is 0 Å². The van der Waals surface area contributed by atoms with E-state index in [1.54, 1.807) is 72.8 Å². The third-order valence-electron chi connectivity index (χ3n) is 5.49. The van der Waals surface area contributed by atoms with Crippen LogP contribution in [0.1, 0.15) is 20.7 Å². The minimum atomic E-state index is -0.402. The molecule has 4 aromatic carbocycles. The number of hydrogen-bond acceptors (Lipinski definition) is 5. The van der Waals surface area contributed by atoms with Crippen molar-refractivity contribution in [2.45, 2.75) is 0 Å². The highest BCUT2D eigenvalue weighted by Gasteiger charge is 2.10. The van der Waals surface area contributed by atoms with Gasteiger partial charge in [-0.25, -0.2) is 14.6 Å². The number of rotatable bonds is 6. The Kier molecular flexibility index (Phi) is 6.63. The molecular weight excluding hydrogens is 450 g/mol. The van der Waals surface area contributed by atoms with Crippen molar-refractivity contribution >= 4 is 11.9 Å². The van der Waals surface area contributed by atoms with Gasteiger partial charge in [-0.2, -0.15) is 0 Å². The maximum atomic E-state index is 12.3. The Morgan fingerprint density at radius 1 is 0.444 bits per heavy atom. The van der Waals surface area contributed by atoms with Crippen molar-refractivity contribution in [3.8, 4) is 34.0 Å². The zero-order chi connectivity index (χ0) is 24.7. The Morgan fingerprint density at radius 2 is 0.833 bits per heavy atom. The number of pyridine rings is 1. The minimum Gasteiger partial charge on any atom is -0.423 e. The Labute approximate surface area is 208 Å². The number of carbonyl (C=O) groups is 2. The Bertz CT molecular complexity index is 1370. The van der Waals surface area contributed by atoms with Crippen LogP contribution in [0.3, 0.4) is 0 Å². The first-order valence-electron chi connectivity index (χ1n) is 11.4. The van der Waals surface area contributed by atoms with Gasteiger partial charge in [0, 0.05) is 11.1 Å². The predicted molar refractivity (Wildman–Crippen MR) is 138 cm³/mol. The minimum absolute atomic E-state index is 0.402. The molecule has 0 spiro atoms. The van der Waals surface area contributed by atoms with Crippen molar-refractivity contribution in [1.29, 1.82) is 0 Å². The lowest BCUT2D eigenvalue weighted by Gasteiger charge is -2.08. The monoisotopic (exact) mass is 471 g/mol. The highest BCUT2D eigenvalue weighted by Crippen LogP contribution is 2.26. The summed E-state index contributed by atoms with van der Waals surface area (Å²) in [5.74, 6) is 0.122. The van der Waals surface area contributed by atoms with E-state index < -0.39 is 11.9 Å². The summed E-state index contributed by atoms with van der Waals surface area (Å²) in [6.45, 7) is 0. The lowest BCUT2D eigenvalue weighted by Crippen LogP contribution is -2.08. The third kappa shape index (κ3) is 5.37. The Hall–Kier alpha value is -5.03. The van der Waals surface area contributed by atoms with Crippen LogP contribution in [0.15, 0.2) is 127 Å². The van der Waals surface area contributed by atoms with E-state index in [0.29, 0.717) is 22.6 Å². The van der Waals surface area contributed by atoms with E-state index in [0.717, 1.165) is 22.5 Å². The Balaban J connectivity index is 1.27. The van der Waals surface area contributed by atoms with Gasteiger partial charge < -0.3 is 9.47 Å². The molecular formula is C31H21NO4. The van der Waals surface area contributed by atoms with Gasteiger partial charge in [0.05, 0.1) is 22.5 Å². The first-order chi connectivity index (χ1) is 17.7. The highest BCUT2D eigenvalue weighted by atomic mass is 16.5. The van der Waals surface area contributed by atoms with Gasteiger partial charge >= 0.3 is 11.9 Å². The molecule has 0 saturated carbocycles. The Morgan fingerprint density at radius 3 is 1.22 bits per heavy atom. The normalized spacial score (nSPS) is 10.4. The molecule has 0 saturated heterocycles. The number of esters is 2. The fourth-order valence-electron chi connectivity index (χ4n) is 3.62. The summed E-state index contributed by atoms with van der Waals surface area (Å²) in [6.07, 6.45) is 0. The number of aromatic nitrogens is 1. The molecule has 5 heteroatoms. The van der Waals surface area contributed by atoms with Gasteiger partial charge in [-0.3, -0.25) is 0 Å². The molecule has 1 aromatic heterocycles. The smallest absolute Gasteiger partial charge is 0.343 e. The van der Waals surface area contributed by atoms with E-state index in [-0.39, 0.29) is 0 Å². The average molecular weight is 472 g/mol. The van der Waals surface area contributed by atoms with Crippen molar-refractivity contribution in [3.05, 3.63) is 139 Å². The van der Waals surface area contributed by atoms with E-state index in [2.05, 4.69) is 0 Å².